The van der Waals surface area contributed by atoms with Gasteiger partial charge in [-0.1, -0.05) is 81.4 Å². The van der Waals surface area contributed by atoms with Gasteiger partial charge in [-0.15, -0.1) is 0 Å². The molecular weight excluding hydrogens is 712 g/mol. The normalized spacial score (nSPS) is 23.1. The van der Waals surface area contributed by atoms with Gasteiger partial charge in [0.05, 0.1) is 25.4 Å². The van der Waals surface area contributed by atoms with Crippen LogP contribution < -0.4 is 21.6 Å². The maximum atomic E-state index is 13.4. The zero-order valence-electron chi connectivity index (χ0n) is 32.2. The predicted molar refractivity (Wildman–Crippen MR) is 208 cm³/mol. The van der Waals surface area contributed by atoms with Crippen molar-refractivity contribution in [2.45, 2.75) is 122 Å². The molecule has 14 heteroatoms. The number of rotatable bonds is 15. The van der Waals surface area contributed by atoms with Crippen LogP contribution in [0.3, 0.4) is 0 Å². The molecule has 288 valence electrons. The lowest BCUT2D eigenvalue weighted by Crippen LogP contribution is -2.67. The minimum absolute atomic E-state index is 0.0508. The highest BCUT2D eigenvalue weighted by atomic mass is 31.2. The number of aromatic amines is 1. The number of nitrogens with one attached hydrogen (secondary N) is 1. The molecule has 6 atom stereocenters. The minimum Gasteiger partial charge on any atom is -0.405 e. The van der Waals surface area contributed by atoms with Gasteiger partial charge in [0.25, 0.3) is 22.4 Å². The number of H-pyrrole nitrogens is 1. The van der Waals surface area contributed by atoms with Crippen molar-refractivity contribution in [2.75, 3.05) is 19.8 Å². The first-order chi connectivity index (χ1) is 25.1. The van der Waals surface area contributed by atoms with Gasteiger partial charge in [-0.3, -0.25) is 14.3 Å². The summed E-state index contributed by atoms with van der Waals surface area (Å²) in [5, 5.41) is 11.2. The second kappa shape index (κ2) is 17.2. The fourth-order valence-corrected chi connectivity index (χ4v) is 13.8. The van der Waals surface area contributed by atoms with Crippen LogP contribution in [0.25, 0.3) is 0 Å². The second-order valence-electron chi connectivity index (χ2n) is 15.8. The van der Waals surface area contributed by atoms with E-state index in [0.717, 1.165) is 10.4 Å². The maximum absolute atomic E-state index is 13.4. The number of aryl methyl sites for hydroxylation is 1. The molecule has 3 aromatic rings. The Balaban J connectivity index is 1.62. The first-order valence-corrected chi connectivity index (χ1v) is 21.5. The molecule has 3 heterocycles. The van der Waals surface area contributed by atoms with Gasteiger partial charge in [-0.05, 0) is 62.9 Å². The van der Waals surface area contributed by atoms with E-state index < -0.39 is 58.2 Å². The summed E-state index contributed by atoms with van der Waals surface area (Å²) in [7, 11) is -5.35. The van der Waals surface area contributed by atoms with Crippen molar-refractivity contribution in [1.82, 2.24) is 14.2 Å². The molecule has 0 radical (unpaired) electrons. The van der Waals surface area contributed by atoms with Gasteiger partial charge in [0, 0.05) is 36.4 Å². The Morgan fingerprint density at radius 3 is 2.21 bits per heavy atom. The molecule has 2 fully saturated rings. The topological polar surface area (TPSA) is 148 Å². The summed E-state index contributed by atoms with van der Waals surface area (Å²) in [5.74, 6) is 0. The monoisotopic (exact) mass is 766 g/mol. The van der Waals surface area contributed by atoms with Crippen LogP contribution in [0.5, 0.6) is 0 Å². The van der Waals surface area contributed by atoms with E-state index in [-0.39, 0.29) is 23.8 Å². The fraction of sp³-hybridized carbons (Fsp3) is 0.564. The van der Waals surface area contributed by atoms with E-state index in [1.165, 1.54) is 10.8 Å². The highest BCUT2D eigenvalue weighted by molar-refractivity contribution is 7.43. The highest BCUT2D eigenvalue weighted by Gasteiger charge is 2.55. The quantitative estimate of drug-likeness (QED) is 0.162. The summed E-state index contributed by atoms with van der Waals surface area (Å²) in [6.45, 7) is 17.1. The number of hydrogen-bond donors (Lipinski definition) is 2. The molecule has 0 spiro atoms. The molecule has 0 aliphatic carbocycles. The molecule has 53 heavy (non-hydrogen) atoms. The Morgan fingerprint density at radius 1 is 1.06 bits per heavy atom. The van der Waals surface area contributed by atoms with E-state index in [1.54, 1.807) is 6.92 Å². The van der Waals surface area contributed by atoms with Gasteiger partial charge in [0.2, 0.25) is 0 Å². The summed E-state index contributed by atoms with van der Waals surface area (Å²) in [6.07, 6.45) is -1.04. The van der Waals surface area contributed by atoms with Crippen LogP contribution in [0, 0.1) is 18.3 Å². The van der Waals surface area contributed by atoms with E-state index in [9.17, 15) is 19.7 Å². The van der Waals surface area contributed by atoms with E-state index in [1.807, 2.05) is 68.8 Å². The molecule has 2 aliphatic rings. The number of hydrogen-bond acceptors (Lipinski definition) is 10. The molecule has 0 saturated carbocycles. The van der Waals surface area contributed by atoms with Crippen molar-refractivity contribution in [3.63, 3.8) is 0 Å². The van der Waals surface area contributed by atoms with Crippen molar-refractivity contribution in [2.24, 2.45) is 0 Å². The molecule has 0 amide bonds. The number of ether oxygens (including phenoxy) is 3. The summed E-state index contributed by atoms with van der Waals surface area (Å²) >= 11 is 0. The van der Waals surface area contributed by atoms with E-state index in [0.29, 0.717) is 38.0 Å². The van der Waals surface area contributed by atoms with Crippen LogP contribution in [-0.4, -0.2) is 83.2 Å². The summed E-state index contributed by atoms with van der Waals surface area (Å²) in [4.78, 5) is 40.4. The zero-order valence-corrected chi connectivity index (χ0v) is 34.0. The zero-order chi connectivity index (χ0) is 38.6. The molecule has 5 rings (SSSR count). The summed E-state index contributed by atoms with van der Waals surface area (Å²) in [6, 6.07) is 22.6. The van der Waals surface area contributed by atoms with Gasteiger partial charge < -0.3 is 28.1 Å². The molecule has 2 N–H and O–H groups in total. The van der Waals surface area contributed by atoms with Crippen LogP contribution in [-0.2, 0) is 23.2 Å². The van der Waals surface area contributed by atoms with E-state index in [4.69, 9.17) is 23.2 Å². The number of aromatic nitrogens is 2. The third kappa shape index (κ3) is 8.94. The lowest BCUT2D eigenvalue weighted by atomic mass is 9.98. The van der Waals surface area contributed by atoms with Gasteiger partial charge in [0.1, 0.15) is 18.3 Å². The largest absolute Gasteiger partial charge is 0.405 e. The SMILES string of the molecule is Cc1cn([C@@H]2O[C@H](CO[Si](c3ccccc3)(c3ccccc3)C(C)(C)C)[C@@H](OP(O)N(C(C)C)C(C)(C)CCC#N)[C@H]2O[C@H]2CCOC2)c(=O)[nH]c1=O. The lowest BCUT2D eigenvalue weighted by Gasteiger charge is -2.44. The third-order valence-electron chi connectivity index (χ3n) is 10.2. The van der Waals surface area contributed by atoms with Crippen molar-refractivity contribution in [3.05, 3.63) is 93.3 Å². The summed E-state index contributed by atoms with van der Waals surface area (Å²) < 4.78 is 36.6. The smallest absolute Gasteiger partial charge is 0.330 e. The Morgan fingerprint density at radius 2 is 1.68 bits per heavy atom. The molecule has 1 aromatic heterocycles. The van der Waals surface area contributed by atoms with Crippen molar-refractivity contribution in [3.8, 4) is 6.07 Å². The third-order valence-corrected chi connectivity index (χ3v) is 17.0. The Labute approximate surface area is 315 Å². The molecule has 2 aliphatic heterocycles. The van der Waals surface area contributed by atoms with Gasteiger partial charge >= 0.3 is 5.69 Å². The Kier molecular flexibility index (Phi) is 13.3. The first kappa shape index (κ1) is 41.1. The van der Waals surface area contributed by atoms with Crippen LogP contribution in [0.2, 0.25) is 5.04 Å². The summed E-state index contributed by atoms with van der Waals surface area (Å²) in [5.41, 5.74) is -1.40. The molecule has 2 saturated heterocycles. The van der Waals surface area contributed by atoms with Crippen molar-refractivity contribution in [1.29, 1.82) is 5.26 Å². The standard InChI is InChI=1S/C39H55N4O8PSi/c1-27(2)43(39(7,8)21-15-22-40)52(46)51-33-32(26-48-53(38(4,5)6,30-16-11-9-12-17-30)31-18-13-10-14-19-31)50-36(34(33)49-29-20-23-47-25-29)42-24-28(3)35(44)41-37(42)45/h9-14,16-19,24,27,29,32-34,36,46H,15,20-21,23,25-26H2,1-8H3,(H,41,44,45)/t29-,32+,33+,34+,36+,52?/m0/s1. The van der Waals surface area contributed by atoms with Crippen molar-refractivity contribution >= 4 is 27.2 Å². The Bertz CT molecular complexity index is 1760. The van der Waals surface area contributed by atoms with E-state index >= 15 is 0 Å². The average Bonchev–Trinajstić information content (AvgIpc) is 3.74. The molecule has 0 bridgehead atoms. The van der Waals surface area contributed by atoms with Crippen molar-refractivity contribution < 1.29 is 28.1 Å². The molecule has 2 aromatic carbocycles. The van der Waals surface area contributed by atoms with Crippen LogP contribution >= 0.6 is 8.53 Å². The number of nitriles is 1. The predicted octanol–water partition coefficient (Wildman–Crippen LogP) is 4.89. The Hall–Kier alpha value is -3.02. The van der Waals surface area contributed by atoms with Crippen LogP contribution in [0.1, 0.15) is 79.5 Å². The van der Waals surface area contributed by atoms with Gasteiger partial charge in [0.15, 0.2) is 6.23 Å². The highest BCUT2D eigenvalue weighted by Crippen LogP contribution is 2.50. The minimum atomic E-state index is -3.07. The number of benzene rings is 2. The average molecular weight is 767 g/mol. The first-order valence-electron chi connectivity index (χ1n) is 18.4. The number of nitrogens with zero attached hydrogens (tertiary/aromatic N) is 3. The van der Waals surface area contributed by atoms with Gasteiger partial charge in [-0.2, -0.15) is 5.26 Å². The maximum Gasteiger partial charge on any atom is 0.330 e. The molecular formula is C39H55N4O8PSi. The fourth-order valence-electron chi connectivity index (χ4n) is 7.69. The van der Waals surface area contributed by atoms with Gasteiger partial charge in [-0.25, -0.2) is 9.46 Å². The molecule has 12 nitrogen and oxygen atoms in total. The van der Waals surface area contributed by atoms with Crippen LogP contribution in [0.15, 0.2) is 76.4 Å². The molecule has 1 unspecified atom stereocenters. The second-order valence-corrected chi connectivity index (χ2v) is 21.3. The lowest BCUT2D eigenvalue weighted by molar-refractivity contribution is -0.101. The van der Waals surface area contributed by atoms with E-state index in [2.05, 4.69) is 56.1 Å². The van der Waals surface area contributed by atoms with Crippen LogP contribution in [0.4, 0.5) is 0 Å².